The fraction of sp³-hybridized carbons (Fsp3) is 0. The van der Waals surface area contributed by atoms with Crippen LogP contribution in [-0.4, -0.2) is 5.26 Å². The summed E-state index contributed by atoms with van der Waals surface area (Å²) in [6.07, 6.45) is 6.65. The van der Waals surface area contributed by atoms with Crippen LogP contribution in [0.5, 0.6) is 0 Å². The molecule has 0 spiro atoms. The average Bonchev–Trinajstić information content (AvgIpc) is 2.10. The molecule has 62 valence electrons. The highest BCUT2D eigenvalue weighted by atomic mass is 17.8. The molecule has 0 aromatic rings. The van der Waals surface area contributed by atoms with Crippen molar-refractivity contribution in [3.8, 4) is 36.2 Å². The van der Waals surface area contributed by atoms with E-state index in [0.29, 0.717) is 0 Å². The van der Waals surface area contributed by atoms with Gasteiger partial charge in [0.15, 0.2) is 6.11 Å². The predicted molar refractivity (Wildman–Crippen MR) is 32.4 cm³/mol. The minimum atomic E-state index is 1.90. The van der Waals surface area contributed by atoms with Crippen LogP contribution in [0.25, 0.3) is 0 Å². The standard InChI is InChI=1S/C6H2O6/c1-2-3-4-5-6-8-10-12-11-9-7/h1,7H. The first kappa shape index (κ1) is 10.3. The molecule has 0 aromatic carbocycles. The van der Waals surface area contributed by atoms with Crippen molar-refractivity contribution >= 4 is 0 Å². The molecule has 0 aliphatic carbocycles. The molecule has 0 atom stereocenters. The van der Waals surface area contributed by atoms with Crippen molar-refractivity contribution in [2.75, 3.05) is 0 Å². The Morgan fingerprint density at radius 3 is 2.50 bits per heavy atom. The molecule has 6 nitrogen and oxygen atoms in total. The van der Waals surface area contributed by atoms with E-state index in [1.165, 1.54) is 0 Å². The largest absolute Gasteiger partial charge is 0.249 e. The van der Waals surface area contributed by atoms with Crippen molar-refractivity contribution in [2.45, 2.75) is 0 Å². The quantitative estimate of drug-likeness (QED) is 0.273. The fourth-order valence-electron chi connectivity index (χ4n) is 0.168. The summed E-state index contributed by atoms with van der Waals surface area (Å²) in [5, 5.41) is 20.9. The smallest absolute Gasteiger partial charge is 0.174 e. The van der Waals surface area contributed by atoms with Crippen molar-refractivity contribution in [3.05, 3.63) is 0 Å². The van der Waals surface area contributed by atoms with Gasteiger partial charge in [0.25, 0.3) is 0 Å². The molecule has 0 heterocycles. The second-order valence-electron chi connectivity index (χ2n) is 0.983. The third-order valence-electron chi connectivity index (χ3n) is 0.410. The van der Waals surface area contributed by atoms with Crippen molar-refractivity contribution in [2.24, 2.45) is 0 Å². The monoisotopic (exact) mass is 170 g/mol. The van der Waals surface area contributed by atoms with Gasteiger partial charge in [0.05, 0.1) is 0 Å². The van der Waals surface area contributed by atoms with E-state index in [9.17, 15) is 0 Å². The molecule has 0 radical (unpaired) electrons. The summed E-state index contributed by atoms with van der Waals surface area (Å²) in [5.74, 6) is 8.51. The van der Waals surface area contributed by atoms with Crippen molar-refractivity contribution < 1.29 is 30.3 Å². The van der Waals surface area contributed by atoms with Gasteiger partial charge in [-0.05, 0) is 21.9 Å². The van der Waals surface area contributed by atoms with Gasteiger partial charge in [-0.15, -0.1) is 6.42 Å². The van der Waals surface area contributed by atoms with E-state index in [1.54, 1.807) is 0 Å². The van der Waals surface area contributed by atoms with Crippen LogP contribution in [0, 0.1) is 36.2 Å². The lowest BCUT2D eigenvalue weighted by Gasteiger charge is -1.89. The average molecular weight is 170 g/mol. The van der Waals surface area contributed by atoms with Crippen molar-refractivity contribution in [1.82, 2.24) is 0 Å². The van der Waals surface area contributed by atoms with Crippen LogP contribution < -0.4 is 0 Å². The molecular weight excluding hydrogens is 168 g/mol. The molecule has 0 aliphatic heterocycles. The van der Waals surface area contributed by atoms with E-state index in [1.807, 2.05) is 12.0 Å². The summed E-state index contributed by atoms with van der Waals surface area (Å²) >= 11 is 0. The maximum atomic E-state index is 7.48. The van der Waals surface area contributed by atoms with E-state index in [4.69, 9.17) is 11.7 Å². The molecule has 0 saturated carbocycles. The van der Waals surface area contributed by atoms with Gasteiger partial charge >= 0.3 is 0 Å². The van der Waals surface area contributed by atoms with Gasteiger partial charge in [-0.3, -0.25) is 0 Å². The lowest BCUT2D eigenvalue weighted by molar-refractivity contribution is -0.746. The highest BCUT2D eigenvalue weighted by Crippen LogP contribution is 1.80. The van der Waals surface area contributed by atoms with E-state index >= 15 is 0 Å². The summed E-state index contributed by atoms with van der Waals surface area (Å²) in [5.41, 5.74) is 0. The summed E-state index contributed by atoms with van der Waals surface area (Å²) in [6, 6.07) is 0. The number of hydrogen-bond acceptors (Lipinski definition) is 6. The minimum absolute atomic E-state index is 1.90. The van der Waals surface area contributed by atoms with Crippen LogP contribution in [-0.2, 0) is 25.0 Å². The first-order valence-corrected chi connectivity index (χ1v) is 2.34. The molecule has 0 saturated heterocycles. The maximum absolute atomic E-state index is 7.48. The van der Waals surface area contributed by atoms with Gasteiger partial charge in [0, 0.05) is 21.9 Å². The molecule has 12 heavy (non-hydrogen) atoms. The summed E-state index contributed by atoms with van der Waals surface area (Å²) in [6.45, 7) is 0. The zero-order chi connectivity index (χ0) is 9.07. The van der Waals surface area contributed by atoms with Gasteiger partial charge in [-0.1, -0.05) is 0 Å². The number of hydrogen-bond donors (Lipinski definition) is 1. The summed E-state index contributed by atoms with van der Waals surface area (Å²) < 4.78 is 0. The molecule has 0 bridgehead atoms. The third-order valence-corrected chi connectivity index (χ3v) is 0.410. The molecule has 0 amide bonds. The highest BCUT2D eigenvalue weighted by Gasteiger charge is 1.84. The Morgan fingerprint density at radius 2 is 1.83 bits per heavy atom. The Kier molecular flexibility index (Phi) is 7.95. The van der Waals surface area contributed by atoms with E-state index < -0.39 is 0 Å². The van der Waals surface area contributed by atoms with Crippen LogP contribution in [0.15, 0.2) is 0 Å². The molecule has 0 unspecified atom stereocenters. The Labute approximate surface area is 67.6 Å². The van der Waals surface area contributed by atoms with E-state index in [0.717, 1.165) is 0 Å². The first-order valence-electron chi connectivity index (χ1n) is 2.34. The van der Waals surface area contributed by atoms with Crippen molar-refractivity contribution in [3.63, 3.8) is 0 Å². The fourth-order valence-corrected chi connectivity index (χ4v) is 0.168. The van der Waals surface area contributed by atoms with Crippen LogP contribution in [0.1, 0.15) is 0 Å². The number of rotatable bonds is 4. The van der Waals surface area contributed by atoms with Gasteiger partial charge < -0.3 is 0 Å². The molecular formula is C6H2O6. The normalized spacial score (nSPS) is 6.67. The molecule has 0 fully saturated rings. The Bertz CT molecular complexity index is 256. The van der Waals surface area contributed by atoms with E-state index in [-0.39, 0.29) is 0 Å². The van der Waals surface area contributed by atoms with Crippen LogP contribution in [0.3, 0.4) is 0 Å². The summed E-state index contributed by atoms with van der Waals surface area (Å²) in [4.78, 5) is 3.91. The Morgan fingerprint density at radius 1 is 1.00 bits per heavy atom. The van der Waals surface area contributed by atoms with Crippen LogP contribution in [0.4, 0.5) is 0 Å². The molecule has 0 aliphatic rings. The van der Waals surface area contributed by atoms with Gasteiger partial charge in [-0.25, -0.2) is 10.1 Å². The Balaban J connectivity index is 3.29. The second-order valence-corrected chi connectivity index (χ2v) is 0.983. The Hall–Kier alpha value is -1.72. The molecule has 0 aromatic heterocycles. The predicted octanol–water partition coefficient (Wildman–Crippen LogP) is -0.200. The van der Waals surface area contributed by atoms with Crippen LogP contribution >= 0.6 is 0 Å². The SMILES string of the molecule is C#CC#CC#COOOOOO. The van der Waals surface area contributed by atoms with Gasteiger partial charge in [0.1, 0.15) is 0 Å². The van der Waals surface area contributed by atoms with Gasteiger partial charge in [-0.2, -0.15) is 0 Å². The topological polar surface area (TPSA) is 66.4 Å². The number of terminal acetylenes is 1. The summed E-state index contributed by atoms with van der Waals surface area (Å²) in [7, 11) is 0. The zero-order valence-corrected chi connectivity index (χ0v) is 5.57. The third kappa shape index (κ3) is 8.28. The van der Waals surface area contributed by atoms with Crippen LogP contribution in [0.2, 0.25) is 0 Å². The maximum Gasteiger partial charge on any atom is 0.174 e. The molecule has 6 heteroatoms. The highest BCUT2D eigenvalue weighted by molar-refractivity contribution is 5.32. The molecule has 1 N–H and O–H groups in total. The van der Waals surface area contributed by atoms with Gasteiger partial charge in [0.2, 0.25) is 0 Å². The first-order chi connectivity index (χ1) is 5.91. The molecule has 0 rings (SSSR count). The minimum Gasteiger partial charge on any atom is -0.249 e. The lowest BCUT2D eigenvalue weighted by Crippen LogP contribution is -1.93. The lowest BCUT2D eigenvalue weighted by atomic mass is 10.6. The van der Waals surface area contributed by atoms with Crippen molar-refractivity contribution in [1.29, 1.82) is 0 Å². The van der Waals surface area contributed by atoms with E-state index in [2.05, 4.69) is 42.8 Å². The zero-order valence-electron chi connectivity index (χ0n) is 5.57. The second kappa shape index (κ2) is 9.28.